The molecule has 0 radical (unpaired) electrons. The lowest BCUT2D eigenvalue weighted by atomic mass is 9.54. The van der Waals surface area contributed by atoms with E-state index < -0.39 is 57.9 Å². The van der Waals surface area contributed by atoms with Crippen LogP contribution >= 0.6 is 0 Å². The van der Waals surface area contributed by atoms with E-state index in [1.807, 2.05) is 6.07 Å². The molecule has 1 aromatic carbocycles. The van der Waals surface area contributed by atoms with Gasteiger partial charge in [-0.05, 0) is 48.3 Å². The minimum atomic E-state index is -2.59. The van der Waals surface area contributed by atoms with Gasteiger partial charge in [0, 0.05) is 29.9 Å². The highest BCUT2D eigenvalue weighted by Crippen LogP contribution is 2.55. The number of primary amides is 1. The van der Waals surface area contributed by atoms with Crippen LogP contribution in [0, 0.1) is 23.7 Å². The number of amides is 1. The molecule has 2 fully saturated rings. The summed E-state index contributed by atoms with van der Waals surface area (Å²) in [6.07, 6.45) is 1.21. The van der Waals surface area contributed by atoms with Gasteiger partial charge in [-0.2, -0.15) is 0 Å². The van der Waals surface area contributed by atoms with Crippen molar-refractivity contribution in [3.63, 3.8) is 0 Å². The number of nitrogens with two attached hydrogens (primary N) is 1. The summed E-state index contributed by atoms with van der Waals surface area (Å²) in [4.78, 5) is 39.0. The quantitative estimate of drug-likeness (QED) is 0.406. The van der Waals surface area contributed by atoms with E-state index in [0.717, 1.165) is 12.0 Å². The molecule has 5 rings (SSSR count). The number of Topliss-reactive ketones (excluding diaryl/α,β-unsaturated/α-hetero) is 2. The second-order valence-corrected chi connectivity index (χ2v) is 10.4. The van der Waals surface area contributed by atoms with Crippen LogP contribution < -0.4 is 5.73 Å². The molecule has 9 nitrogen and oxygen atoms in total. The Kier molecular flexibility index (Phi) is 5.34. The molecule has 1 aromatic rings. The van der Waals surface area contributed by atoms with Crippen molar-refractivity contribution >= 4 is 23.2 Å². The summed E-state index contributed by atoms with van der Waals surface area (Å²) in [7, 11) is 0. The van der Waals surface area contributed by atoms with Gasteiger partial charge < -0.3 is 30.9 Å². The van der Waals surface area contributed by atoms with E-state index in [0.29, 0.717) is 25.2 Å². The predicted molar refractivity (Wildman–Crippen MR) is 123 cm³/mol. The molecule has 1 heterocycles. The van der Waals surface area contributed by atoms with E-state index in [4.69, 9.17) is 10.5 Å². The molecule has 0 bridgehead atoms. The fraction of sp³-hybridized carbons (Fsp3) is 0.500. The van der Waals surface area contributed by atoms with Crippen LogP contribution in [0.15, 0.2) is 29.0 Å². The molecule has 0 spiro atoms. The van der Waals surface area contributed by atoms with Gasteiger partial charge in [0.05, 0.1) is 12.2 Å². The second-order valence-electron chi connectivity index (χ2n) is 10.4. The van der Waals surface area contributed by atoms with E-state index in [1.165, 1.54) is 6.07 Å². The van der Waals surface area contributed by atoms with Crippen molar-refractivity contribution in [2.24, 2.45) is 29.4 Å². The Labute approximate surface area is 201 Å². The first-order chi connectivity index (χ1) is 16.5. The number of ether oxygens (including phenoxy) is 1. The average molecular weight is 484 g/mol. The Morgan fingerprint density at radius 1 is 1.17 bits per heavy atom. The number of ketones is 2. The van der Waals surface area contributed by atoms with Crippen molar-refractivity contribution in [1.29, 1.82) is 0 Å². The highest BCUT2D eigenvalue weighted by atomic mass is 16.5. The number of carbonyl (C=O) groups is 3. The van der Waals surface area contributed by atoms with E-state index in [2.05, 4.69) is 0 Å². The molecule has 3 aliphatic carbocycles. The number of fused-ring (bicyclic) bond motifs is 3. The second kappa shape index (κ2) is 7.93. The molecular formula is C26H29NO8. The molecule has 1 saturated heterocycles. The maximum atomic E-state index is 13.8. The number of phenols is 1. The number of benzene rings is 1. The number of phenolic OH excluding ortho intramolecular Hbond substituents is 1. The zero-order chi connectivity index (χ0) is 25.4. The molecule has 4 aliphatic rings. The number of aliphatic hydroxyl groups is 3. The third-order valence-electron chi connectivity index (χ3n) is 8.26. The first-order valence-corrected chi connectivity index (χ1v) is 11.9. The third kappa shape index (κ3) is 3.11. The van der Waals surface area contributed by atoms with Crippen molar-refractivity contribution in [3.05, 3.63) is 45.7 Å². The molecular weight excluding hydrogens is 454 g/mol. The van der Waals surface area contributed by atoms with Crippen LogP contribution in [0.3, 0.4) is 0 Å². The molecule has 1 saturated carbocycles. The summed E-state index contributed by atoms with van der Waals surface area (Å²) in [6.45, 7) is 4.60. The van der Waals surface area contributed by atoms with Crippen molar-refractivity contribution in [1.82, 2.24) is 0 Å². The topological polar surface area (TPSA) is 167 Å². The van der Waals surface area contributed by atoms with Crippen LogP contribution in [0.4, 0.5) is 0 Å². The predicted octanol–water partition coefficient (Wildman–Crippen LogP) is 1.81. The van der Waals surface area contributed by atoms with E-state index in [-0.39, 0.29) is 35.1 Å². The van der Waals surface area contributed by atoms with Crippen LogP contribution in [0.2, 0.25) is 0 Å². The fourth-order valence-electron chi connectivity index (χ4n) is 6.67. The van der Waals surface area contributed by atoms with Gasteiger partial charge in [-0.3, -0.25) is 14.4 Å². The van der Waals surface area contributed by atoms with Crippen molar-refractivity contribution in [2.45, 2.75) is 44.6 Å². The standard InChI is InChI=1S/C26H29NO8/c1-10(2)17-15-8-12-7-14-13(11-5-6-35-9-11)3-4-16(28)19(14)22(30)18(12)23(31)26(15,34)24(32)20(21(17)29)25(27)33/h3-4,10-12,15,17,28,30,32,34H,5-9H2,1-2H3,(H2,27,33)/t11?,12-,15-,17-,26-/m0/s1. The lowest BCUT2D eigenvalue weighted by molar-refractivity contribution is -0.155. The zero-order valence-corrected chi connectivity index (χ0v) is 19.6. The number of aromatic hydroxyl groups is 1. The van der Waals surface area contributed by atoms with Gasteiger partial charge in [-0.15, -0.1) is 0 Å². The van der Waals surface area contributed by atoms with Gasteiger partial charge in [0.25, 0.3) is 5.91 Å². The lowest BCUT2D eigenvalue weighted by Crippen LogP contribution is -2.62. The molecule has 1 amide bonds. The van der Waals surface area contributed by atoms with E-state index in [9.17, 15) is 34.8 Å². The minimum Gasteiger partial charge on any atom is -0.508 e. The largest absolute Gasteiger partial charge is 0.508 e. The SMILES string of the molecule is CC(C)[C@@H]1C(=O)C(C(N)=O)=C(O)[C@@]2(O)C(=O)C3=C(O)c4c(O)ccc(C5CCOC5)c4C[C@H]3C[C@@H]12. The van der Waals surface area contributed by atoms with Crippen molar-refractivity contribution < 1.29 is 39.5 Å². The lowest BCUT2D eigenvalue weighted by Gasteiger charge is -2.50. The summed E-state index contributed by atoms with van der Waals surface area (Å²) in [5, 5.41) is 44.4. The molecule has 9 heteroatoms. The van der Waals surface area contributed by atoms with Crippen molar-refractivity contribution in [2.75, 3.05) is 13.2 Å². The minimum absolute atomic E-state index is 0.0831. The van der Waals surface area contributed by atoms with Gasteiger partial charge in [0.1, 0.15) is 22.8 Å². The summed E-state index contributed by atoms with van der Waals surface area (Å²) >= 11 is 0. The van der Waals surface area contributed by atoms with Crippen molar-refractivity contribution in [3.8, 4) is 5.75 Å². The first-order valence-electron chi connectivity index (χ1n) is 11.9. The monoisotopic (exact) mass is 483 g/mol. The molecule has 6 N–H and O–H groups in total. The van der Waals surface area contributed by atoms with Gasteiger partial charge in [0.2, 0.25) is 5.78 Å². The fourth-order valence-corrected chi connectivity index (χ4v) is 6.67. The zero-order valence-electron chi connectivity index (χ0n) is 19.6. The van der Waals surface area contributed by atoms with Crippen LogP contribution in [0.5, 0.6) is 5.75 Å². The normalized spacial score (nSPS) is 32.6. The maximum Gasteiger partial charge on any atom is 0.255 e. The van der Waals surface area contributed by atoms with Gasteiger partial charge in [-0.1, -0.05) is 19.9 Å². The Hall–Kier alpha value is -3.17. The Balaban J connectivity index is 1.72. The first kappa shape index (κ1) is 23.6. The Morgan fingerprint density at radius 2 is 1.89 bits per heavy atom. The highest BCUT2D eigenvalue weighted by molar-refractivity contribution is 6.23. The maximum absolute atomic E-state index is 13.8. The number of hydrogen-bond donors (Lipinski definition) is 5. The number of aliphatic hydroxyl groups excluding tert-OH is 2. The molecule has 1 unspecified atom stereocenters. The molecule has 35 heavy (non-hydrogen) atoms. The average Bonchev–Trinajstić information content (AvgIpc) is 3.30. The van der Waals surface area contributed by atoms with Crippen LogP contribution in [0.1, 0.15) is 49.3 Å². The summed E-state index contributed by atoms with van der Waals surface area (Å²) in [6, 6.07) is 3.27. The molecule has 0 aromatic heterocycles. The molecule has 5 atom stereocenters. The van der Waals surface area contributed by atoms with Gasteiger partial charge in [-0.25, -0.2) is 0 Å². The summed E-state index contributed by atoms with van der Waals surface area (Å²) < 4.78 is 5.53. The number of hydrogen-bond acceptors (Lipinski definition) is 8. The Morgan fingerprint density at radius 3 is 2.49 bits per heavy atom. The molecule has 186 valence electrons. The van der Waals surface area contributed by atoms with E-state index in [1.54, 1.807) is 13.8 Å². The van der Waals surface area contributed by atoms with Crippen LogP contribution in [0.25, 0.3) is 5.76 Å². The van der Waals surface area contributed by atoms with Gasteiger partial charge >= 0.3 is 0 Å². The van der Waals surface area contributed by atoms with E-state index >= 15 is 0 Å². The smallest absolute Gasteiger partial charge is 0.255 e. The number of carbonyl (C=O) groups excluding carboxylic acids is 3. The number of rotatable bonds is 3. The summed E-state index contributed by atoms with van der Waals surface area (Å²) in [5.41, 5.74) is 3.62. The Bertz CT molecular complexity index is 1220. The van der Waals surface area contributed by atoms with Gasteiger partial charge in [0.15, 0.2) is 11.4 Å². The van der Waals surface area contributed by atoms with Crippen LogP contribution in [-0.4, -0.2) is 56.7 Å². The highest BCUT2D eigenvalue weighted by Gasteiger charge is 2.64. The molecule has 1 aliphatic heterocycles. The summed E-state index contributed by atoms with van der Waals surface area (Å²) in [5.74, 6) is -7.40. The third-order valence-corrected chi connectivity index (χ3v) is 8.26. The van der Waals surface area contributed by atoms with Crippen LogP contribution in [-0.2, 0) is 25.5 Å².